The van der Waals surface area contributed by atoms with Gasteiger partial charge in [0.05, 0.1) is 15.5 Å². The number of anilines is 1. The molecule has 0 aliphatic rings. The summed E-state index contributed by atoms with van der Waals surface area (Å²) in [4.78, 5) is 36.9. The van der Waals surface area contributed by atoms with Crippen molar-refractivity contribution in [3.63, 3.8) is 0 Å². The molecule has 0 spiro atoms. The van der Waals surface area contributed by atoms with Crippen LogP contribution in [0.2, 0.25) is 10.0 Å². The van der Waals surface area contributed by atoms with E-state index in [1.807, 2.05) is 0 Å². The number of hydrogen-bond acceptors (Lipinski definition) is 7. The van der Waals surface area contributed by atoms with E-state index in [0.29, 0.717) is 16.4 Å². The van der Waals surface area contributed by atoms with Crippen molar-refractivity contribution in [2.45, 2.75) is 0 Å². The summed E-state index contributed by atoms with van der Waals surface area (Å²) in [5.41, 5.74) is 0.0637. The number of aromatic nitrogens is 1. The molecule has 0 atom stereocenters. The minimum atomic E-state index is -0.799. The molecule has 0 saturated carbocycles. The quantitative estimate of drug-likeness (QED) is 0.487. The van der Waals surface area contributed by atoms with Crippen LogP contribution in [-0.4, -0.2) is 28.4 Å². The monoisotopic (exact) mass is 375 g/mol. The fraction of sp³-hybridized carbons (Fsp3) is 0.0833. The largest absolute Gasteiger partial charge is 0.452 e. The predicted molar refractivity (Wildman–Crippen MR) is 84.1 cm³/mol. The Morgan fingerprint density at radius 2 is 2.13 bits per heavy atom. The van der Waals surface area contributed by atoms with Gasteiger partial charge < -0.3 is 4.74 Å². The fourth-order valence-corrected chi connectivity index (χ4v) is 2.56. The van der Waals surface area contributed by atoms with Crippen LogP contribution in [0.4, 0.5) is 10.1 Å². The number of rotatable bonds is 5. The number of halogens is 2. The Balaban J connectivity index is 1.90. The third kappa shape index (κ3) is 4.62. The lowest BCUT2D eigenvalue weighted by molar-refractivity contribution is -0.380. The molecule has 0 bridgehead atoms. The minimum Gasteiger partial charge on any atom is -0.452 e. The Kier molecular flexibility index (Phi) is 5.48. The molecule has 1 heterocycles. The first-order valence-electron chi connectivity index (χ1n) is 5.89. The summed E-state index contributed by atoms with van der Waals surface area (Å²) >= 11 is 12.2. The maximum Gasteiger partial charge on any atom is 0.345 e. The normalized spacial score (nSPS) is 10.2. The summed E-state index contributed by atoms with van der Waals surface area (Å²) in [5.74, 6) is -1.49. The van der Waals surface area contributed by atoms with Gasteiger partial charge in [0.1, 0.15) is 6.20 Å². The Morgan fingerprint density at radius 1 is 1.39 bits per heavy atom. The van der Waals surface area contributed by atoms with Crippen LogP contribution in [-0.2, 0) is 9.53 Å². The van der Waals surface area contributed by atoms with Crippen molar-refractivity contribution >= 4 is 56.5 Å². The van der Waals surface area contributed by atoms with Crippen LogP contribution in [0.5, 0.6) is 0 Å². The van der Waals surface area contributed by atoms with Gasteiger partial charge in [-0.15, -0.1) is 0 Å². The van der Waals surface area contributed by atoms with Gasteiger partial charge in [0.15, 0.2) is 11.7 Å². The summed E-state index contributed by atoms with van der Waals surface area (Å²) in [6.07, 6.45) is 1.01. The number of carbonyl (C=O) groups excluding carboxylic acids is 2. The van der Waals surface area contributed by atoms with E-state index in [2.05, 4.69) is 10.3 Å². The van der Waals surface area contributed by atoms with Gasteiger partial charge in [-0.05, 0) is 29.5 Å². The van der Waals surface area contributed by atoms with Crippen LogP contribution in [0, 0.1) is 10.1 Å². The molecule has 8 nitrogen and oxygen atoms in total. The molecule has 23 heavy (non-hydrogen) atoms. The SMILES string of the molecule is O=C(COC(=O)c1ccc(Cl)cc1Cl)Nc1ncc([N+](=O)[O-])s1. The van der Waals surface area contributed by atoms with Crippen molar-refractivity contribution in [3.8, 4) is 0 Å². The zero-order valence-electron chi connectivity index (χ0n) is 11.1. The second-order valence-electron chi connectivity index (χ2n) is 4.01. The molecule has 1 N–H and O–H groups in total. The lowest BCUT2D eigenvalue weighted by Gasteiger charge is -2.06. The van der Waals surface area contributed by atoms with Gasteiger partial charge in [-0.25, -0.2) is 9.78 Å². The molecule has 11 heteroatoms. The molecule has 2 aromatic rings. The van der Waals surface area contributed by atoms with Crippen LogP contribution in [0.3, 0.4) is 0 Å². The maximum atomic E-state index is 11.8. The number of thiazole rings is 1. The molecule has 1 aromatic carbocycles. The number of amides is 1. The number of nitrogens with zero attached hydrogens (tertiary/aromatic N) is 2. The van der Waals surface area contributed by atoms with E-state index in [1.54, 1.807) is 0 Å². The molecule has 120 valence electrons. The number of nitro groups is 1. The maximum absolute atomic E-state index is 11.8. The smallest absolute Gasteiger partial charge is 0.345 e. The van der Waals surface area contributed by atoms with Crippen molar-refractivity contribution in [2.24, 2.45) is 0 Å². The van der Waals surface area contributed by atoms with Gasteiger partial charge in [0, 0.05) is 5.02 Å². The highest BCUT2D eigenvalue weighted by molar-refractivity contribution is 7.18. The van der Waals surface area contributed by atoms with Gasteiger partial charge in [-0.1, -0.05) is 23.2 Å². The number of nitrogens with one attached hydrogen (secondary N) is 1. The van der Waals surface area contributed by atoms with Crippen LogP contribution in [0.25, 0.3) is 0 Å². The molecule has 0 radical (unpaired) electrons. The molecular formula is C12H7Cl2N3O5S. The number of hydrogen-bond donors (Lipinski definition) is 1. The number of esters is 1. The van der Waals surface area contributed by atoms with E-state index in [1.165, 1.54) is 18.2 Å². The summed E-state index contributed by atoms with van der Waals surface area (Å²) in [6.45, 7) is -0.592. The van der Waals surface area contributed by atoms with Gasteiger partial charge in [0.25, 0.3) is 5.91 Å². The van der Waals surface area contributed by atoms with Gasteiger partial charge in [-0.3, -0.25) is 20.2 Å². The van der Waals surface area contributed by atoms with Gasteiger partial charge >= 0.3 is 11.0 Å². The lowest BCUT2D eigenvalue weighted by atomic mass is 10.2. The summed E-state index contributed by atoms with van der Waals surface area (Å²) in [5, 5.41) is 13.0. The second-order valence-corrected chi connectivity index (χ2v) is 5.86. The molecule has 0 fully saturated rings. The summed E-state index contributed by atoms with van der Waals surface area (Å²) < 4.78 is 4.80. The first kappa shape index (κ1) is 17.1. The highest BCUT2D eigenvalue weighted by Crippen LogP contribution is 2.25. The van der Waals surface area contributed by atoms with Crippen LogP contribution < -0.4 is 5.32 Å². The van der Waals surface area contributed by atoms with Crippen molar-refractivity contribution in [3.05, 3.63) is 50.1 Å². The van der Waals surface area contributed by atoms with E-state index < -0.39 is 23.4 Å². The number of benzene rings is 1. The molecule has 1 amide bonds. The molecule has 0 aliphatic heterocycles. The summed E-state index contributed by atoms with van der Waals surface area (Å²) in [7, 11) is 0. The molecule has 0 unspecified atom stereocenters. The lowest BCUT2D eigenvalue weighted by Crippen LogP contribution is -2.20. The molecular weight excluding hydrogens is 369 g/mol. The van der Waals surface area contributed by atoms with Gasteiger partial charge in [-0.2, -0.15) is 0 Å². The van der Waals surface area contributed by atoms with Crippen molar-refractivity contribution in [2.75, 3.05) is 11.9 Å². The topological polar surface area (TPSA) is 111 Å². The van der Waals surface area contributed by atoms with Crippen LogP contribution >= 0.6 is 34.5 Å². The zero-order valence-corrected chi connectivity index (χ0v) is 13.4. The Hall–Kier alpha value is -2.23. The predicted octanol–water partition coefficient (Wildman–Crippen LogP) is 3.15. The molecule has 2 rings (SSSR count). The Bertz CT molecular complexity index is 780. The van der Waals surface area contributed by atoms with Gasteiger partial charge in [0.2, 0.25) is 0 Å². The average molecular weight is 376 g/mol. The Labute approximate surface area is 143 Å². The van der Waals surface area contributed by atoms with Crippen LogP contribution in [0.15, 0.2) is 24.4 Å². The third-order valence-electron chi connectivity index (χ3n) is 2.41. The number of ether oxygens (including phenoxy) is 1. The Morgan fingerprint density at radius 3 is 2.74 bits per heavy atom. The molecule has 1 aromatic heterocycles. The first-order valence-corrected chi connectivity index (χ1v) is 7.46. The minimum absolute atomic E-state index is 0.0299. The van der Waals surface area contributed by atoms with Crippen molar-refractivity contribution in [1.82, 2.24) is 4.98 Å². The average Bonchev–Trinajstić information content (AvgIpc) is 2.93. The number of carbonyl (C=O) groups is 2. The van der Waals surface area contributed by atoms with E-state index in [9.17, 15) is 19.7 Å². The zero-order chi connectivity index (χ0) is 17.0. The standard InChI is InChI=1S/C12H7Cl2N3O5S/c13-6-1-2-7(8(14)3-6)11(19)22-5-9(18)16-12-15-4-10(23-12)17(20)21/h1-4H,5H2,(H,15,16,18). The van der Waals surface area contributed by atoms with E-state index >= 15 is 0 Å². The van der Waals surface area contributed by atoms with E-state index in [0.717, 1.165) is 6.20 Å². The summed E-state index contributed by atoms with van der Waals surface area (Å²) in [6, 6.07) is 4.20. The molecule has 0 saturated heterocycles. The van der Waals surface area contributed by atoms with E-state index in [-0.39, 0.29) is 20.7 Å². The van der Waals surface area contributed by atoms with Crippen LogP contribution in [0.1, 0.15) is 10.4 Å². The fourth-order valence-electron chi connectivity index (χ4n) is 1.43. The first-order chi connectivity index (χ1) is 10.9. The highest BCUT2D eigenvalue weighted by atomic mass is 35.5. The van der Waals surface area contributed by atoms with Crippen molar-refractivity contribution < 1.29 is 19.2 Å². The highest BCUT2D eigenvalue weighted by Gasteiger charge is 2.16. The third-order valence-corrected chi connectivity index (χ3v) is 3.82. The van der Waals surface area contributed by atoms with E-state index in [4.69, 9.17) is 27.9 Å². The second kappa shape index (κ2) is 7.36. The van der Waals surface area contributed by atoms with Crippen molar-refractivity contribution in [1.29, 1.82) is 0 Å². The molecule has 0 aliphatic carbocycles.